The summed E-state index contributed by atoms with van der Waals surface area (Å²) in [7, 11) is 0. The molecule has 0 N–H and O–H groups in total. The molecule has 1 atom stereocenters. The summed E-state index contributed by atoms with van der Waals surface area (Å²) in [6.45, 7) is 4.85. The van der Waals surface area contributed by atoms with Crippen molar-refractivity contribution in [1.82, 2.24) is 9.97 Å². The summed E-state index contributed by atoms with van der Waals surface area (Å²) in [5, 5.41) is 0. The molecular formula is C57H39N3. The number of rotatable bonds is 3. The Morgan fingerprint density at radius 3 is 1.43 bits per heavy atom. The normalized spacial score (nSPS) is 17.2. The lowest BCUT2D eigenvalue weighted by atomic mass is 9.55. The van der Waals surface area contributed by atoms with Gasteiger partial charge in [0.15, 0.2) is 0 Å². The van der Waals surface area contributed by atoms with Crippen molar-refractivity contribution in [2.75, 3.05) is 4.90 Å². The lowest BCUT2D eigenvalue weighted by Gasteiger charge is -2.47. The van der Waals surface area contributed by atoms with Crippen molar-refractivity contribution in [2.45, 2.75) is 30.1 Å². The maximum absolute atomic E-state index is 5.42. The summed E-state index contributed by atoms with van der Waals surface area (Å²) < 4.78 is 0. The van der Waals surface area contributed by atoms with Crippen LogP contribution in [0.3, 0.4) is 0 Å². The summed E-state index contributed by atoms with van der Waals surface area (Å²) in [4.78, 5) is 12.9. The van der Waals surface area contributed by atoms with E-state index in [4.69, 9.17) is 9.97 Å². The van der Waals surface area contributed by atoms with Gasteiger partial charge in [-0.25, -0.2) is 0 Å². The van der Waals surface area contributed by atoms with Crippen molar-refractivity contribution < 1.29 is 0 Å². The van der Waals surface area contributed by atoms with E-state index in [9.17, 15) is 0 Å². The lowest BCUT2D eigenvalue weighted by molar-refractivity contribution is 0.561. The van der Waals surface area contributed by atoms with Crippen molar-refractivity contribution in [1.29, 1.82) is 0 Å². The molecule has 4 aliphatic carbocycles. The molecule has 4 aliphatic rings. The van der Waals surface area contributed by atoms with Crippen molar-refractivity contribution in [3.8, 4) is 33.6 Å². The van der Waals surface area contributed by atoms with E-state index in [1.807, 2.05) is 12.4 Å². The Morgan fingerprint density at radius 2 is 0.817 bits per heavy atom. The molecule has 0 saturated heterocycles. The number of pyridine rings is 2. The van der Waals surface area contributed by atoms with Gasteiger partial charge in [-0.2, -0.15) is 0 Å². The average Bonchev–Trinajstić information content (AvgIpc) is 3.89. The summed E-state index contributed by atoms with van der Waals surface area (Å²) in [6.07, 6.45) is 3.96. The average molecular weight is 766 g/mol. The van der Waals surface area contributed by atoms with Crippen LogP contribution in [0, 0.1) is 0 Å². The first kappa shape index (κ1) is 33.6. The molecular weight excluding hydrogens is 727 g/mol. The third-order valence-electron chi connectivity index (χ3n) is 14.2. The Kier molecular flexibility index (Phi) is 6.64. The van der Waals surface area contributed by atoms with Gasteiger partial charge in [0.2, 0.25) is 0 Å². The van der Waals surface area contributed by atoms with E-state index in [1.54, 1.807) is 0 Å². The van der Waals surface area contributed by atoms with Crippen molar-refractivity contribution >= 4 is 17.1 Å². The first-order valence-corrected chi connectivity index (χ1v) is 21.0. The minimum absolute atomic E-state index is 0.323. The third kappa shape index (κ3) is 4.00. The van der Waals surface area contributed by atoms with E-state index in [-0.39, 0.29) is 5.41 Å². The number of hydrogen-bond acceptors (Lipinski definition) is 3. The number of fused-ring (bicyclic) bond motifs is 19. The maximum atomic E-state index is 5.42. The van der Waals surface area contributed by atoms with E-state index in [1.165, 1.54) is 72.3 Å². The highest BCUT2D eigenvalue weighted by atomic mass is 15.1. The van der Waals surface area contributed by atoms with E-state index < -0.39 is 10.8 Å². The molecule has 7 aromatic carbocycles. The molecule has 2 aromatic heterocycles. The van der Waals surface area contributed by atoms with Gasteiger partial charge in [0.1, 0.15) is 0 Å². The van der Waals surface area contributed by atoms with Crippen molar-refractivity contribution in [3.05, 3.63) is 256 Å². The molecule has 0 bridgehead atoms. The highest BCUT2D eigenvalue weighted by Crippen LogP contribution is 2.67. The first-order valence-electron chi connectivity index (χ1n) is 21.0. The smallest absolute Gasteiger partial charge is 0.0939 e. The molecule has 3 nitrogen and oxygen atoms in total. The zero-order chi connectivity index (χ0) is 39.8. The Labute approximate surface area is 350 Å². The van der Waals surface area contributed by atoms with Gasteiger partial charge in [-0.15, -0.1) is 0 Å². The largest absolute Gasteiger partial charge is 0.309 e. The van der Waals surface area contributed by atoms with E-state index >= 15 is 0 Å². The second-order valence-corrected chi connectivity index (χ2v) is 17.2. The zero-order valence-corrected chi connectivity index (χ0v) is 33.4. The van der Waals surface area contributed by atoms with Crippen LogP contribution < -0.4 is 4.90 Å². The number of benzene rings is 7. The lowest BCUT2D eigenvalue weighted by Crippen LogP contribution is -2.41. The molecule has 282 valence electrons. The van der Waals surface area contributed by atoms with Crippen LogP contribution in [-0.2, 0) is 16.2 Å². The molecule has 9 aromatic rings. The molecule has 2 heterocycles. The fraction of sp³-hybridized carbons (Fsp3) is 0.0877. The van der Waals surface area contributed by atoms with Gasteiger partial charge in [0.05, 0.1) is 34.1 Å². The van der Waals surface area contributed by atoms with Crippen LogP contribution in [0.25, 0.3) is 33.6 Å². The highest BCUT2D eigenvalue weighted by molar-refractivity contribution is 5.97. The quantitative estimate of drug-likeness (QED) is 0.179. The second-order valence-electron chi connectivity index (χ2n) is 17.2. The van der Waals surface area contributed by atoms with E-state index in [0.717, 1.165) is 34.0 Å². The minimum Gasteiger partial charge on any atom is -0.309 e. The first-order chi connectivity index (χ1) is 29.5. The van der Waals surface area contributed by atoms with Gasteiger partial charge in [0, 0.05) is 28.6 Å². The van der Waals surface area contributed by atoms with Gasteiger partial charge < -0.3 is 4.90 Å². The van der Waals surface area contributed by atoms with Crippen LogP contribution >= 0.6 is 0 Å². The standard InChI is InChI=1S/C57H39N3/c1-55(2)46-28-15-16-29-47(46)57(48-30-17-31-58-53(48)54-52(57)32-38(35-59-54)60(36-18-5-3-6-19-36)37-20-7-4-8-21-37)51-33-42-41-24-11-14-27-45(41)56(49(42)34-50(51)55)43-25-12-9-22-39(43)40-23-10-13-26-44(40)56/h3-35H,1-2H3. The van der Waals surface area contributed by atoms with E-state index in [2.05, 4.69) is 207 Å². The van der Waals surface area contributed by atoms with Gasteiger partial charge in [0.25, 0.3) is 0 Å². The SMILES string of the molecule is CC1(C)c2ccccc2C2(c3cc4c(cc31)C1(c3ccccc3-c3ccccc31)c1ccccc1-4)c1cccnc1-c1ncc(N(c3ccccc3)c3ccccc3)cc12. The molecule has 60 heavy (non-hydrogen) atoms. The number of aromatic nitrogens is 2. The van der Waals surface area contributed by atoms with Crippen LogP contribution in [0.2, 0.25) is 0 Å². The molecule has 2 spiro atoms. The number of nitrogens with zero attached hydrogens (tertiary/aromatic N) is 3. The van der Waals surface area contributed by atoms with Crippen molar-refractivity contribution in [3.63, 3.8) is 0 Å². The van der Waals surface area contributed by atoms with Gasteiger partial charge in [-0.3, -0.25) is 9.97 Å². The molecule has 13 rings (SSSR count). The third-order valence-corrected chi connectivity index (χ3v) is 14.2. The summed E-state index contributed by atoms with van der Waals surface area (Å²) >= 11 is 0. The summed E-state index contributed by atoms with van der Waals surface area (Å²) in [5.74, 6) is 0. The summed E-state index contributed by atoms with van der Waals surface area (Å²) in [5.41, 5.74) is 21.8. The Bertz CT molecular complexity index is 3170. The predicted molar refractivity (Wildman–Crippen MR) is 242 cm³/mol. The Balaban J connectivity index is 1.16. The maximum Gasteiger partial charge on any atom is 0.0939 e. The Hall–Kier alpha value is -7.36. The van der Waals surface area contributed by atoms with Gasteiger partial charge in [-0.05, 0) is 115 Å². The second kappa shape index (κ2) is 11.9. The van der Waals surface area contributed by atoms with Crippen LogP contribution in [0.4, 0.5) is 17.1 Å². The molecule has 0 saturated carbocycles. The minimum atomic E-state index is -0.687. The number of para-hydroxylation sites is 2. The fourth-order valence-corrected chi connectivity index (χ4v) is 11.9. The summed E-state index contributed by atoms with van der Waals surface area (Å²) in [6, 6.07) is 69.9. The molecule has 3 heteroatoms. The van der Waals surface area contributed by atoms with E-state index in [0.29, 0.717) is 0 Å². The number of anilines is 3. The predicted octanol–water partition coefficient (Wildman–Crippen LogP) is 13.3. The Morgan fingerprint density at radius 1 is 0.333 bits per heavy atom. The molecule has 1 unspecified atom stereocenters. The van der Waals surface area contributed by atoms with Crippen LogP contribution in [0.15, 0.2) is 200 Å². The topological polar surface area (TPSA) is 29.0 Å². The molecule has 0 fully saturated rings. The molecule has 0 amide bonds. The fourth-order valence-electron chi connectivity index (χ4n) is 11.9. The monoisotopic (exact) mass is 765 g/mol. The molecule has 0 aliphatic heterocycles. The van der Waals surface area contributed by atoms with Crippen molar-refractivity contribution in [2.24, 2.45) is 0 Å². The van der Waals surface area contributed by atoms with Crippen LogP contribution in [0.5, 0.6) is 0 Å². The zero-order valence-electron chi connectivity index (χ0n) is 33.4. The van der Waals surface area contributed by atoms with Gasteiger partial charge in [-0.1, -0.05) is 159 Å². The van der Waals surface area contributed by atoms with Crippen LogP contribution in [0.1, 0.15) is 69.5 Å². The molecule has 0 radical (unpaired) electrons. The number of hydrogen-bond donors (Lipinski definition) is 0. The van der Waals surface area contributed by atoms with Crippen LogP contribution in [-0.4, -0.2) is 9.97 Å². The highest BCUT2D eigenvalue weighted by Gasteiger charge is 2.58. The van der Waals surface area contributed by atoms with Gasteiger partial charge >= 0.3 is 0 Å².